The summed E-state index contributed by atoms with van der Waals surface area (Å²) in [5.74, 6) is 0. The molecule has 1 fully saturated rings. The van der Waals surface area contributed by atoms with Crippen LogP contribution in [0.4, 0.5) is 4.79 Å². The lowest BCUT2D eigenvalue weighted by Crippen LogP contribution is -2.36. The predicted molar refractivity (Wildman–Crippen MR) is 84.1 cm³/mol. The van der Waals surface area contributed by atoms with Crippen LogP contribution in [0.25, 0.3) is 0 Å². The molecular weight excluding hydrogens is 342 g/mol. The zero-order valence-electron chi connectivity index (χ0n) is 12.0. The number of ether oxygens (including phenoxy) is 1. The van der Waals surface area contributed by atoms with Gasteiger partial charge in [-0.15, -0.1) is 0 Å². The van der Waals surface area contributed by atoms with Crippen LogP contribution in [0.5, 0.6) is 0 Å². The molecule has 1 unspecified atom stereocenters. The van der Waals surface area contributed by atoms with E-state index in [1.807, 2.05) is 39.0 Å². The molecule has 1 aromatic rings. The van der Waals surface area contributed by atoms with E-state index in [1.165, 1.54) is 0 Å². The Kier molecular flexibility index (Phi) is 4.65. The van der Waals surface area contributed by atoms with E-state index in [-0.39, 0.29) is 12.1 Å². The molecule has 1 amide bonds. The molecule has 1 aliphatic rings. The van der Waals surface area contributed by atoms with Crippen molar-refractivity contribution in [3.8, 4) is 0 Å². The zero-order valence-corrected chi connectivity index (χ0v) is 14.3. The van der Waals surface area contributed by atoms with Gasteiger partial charge in [-0.2, -0.15) is 0 Å². The summed E-state index contributed by atoms with van der Waals surface area (Å²) in [7, 11) is 0. The van der Waals surface area contributed by atoms with Crippen molar-refractivity contribution in [2.24, 2.45) is 0 Å². The number of rotatable bonds is 1. The Morgan fingerprint density at radius 1 is 1.45 bits per heavy atom. The van der Waals surface area contributed by atoms with Crippen LogP contribution in [0.15, 0.2) is 22.7 Å². The van der Waals surface area contributed by atoms with Crippen LogP contribution in [0.2, 0.25) is 5.02 Å². The minimum atomic E-state index is -0.471. The third kappa shape index (κ3) is 3.67. The number of halogens is 2. The number of carbonyl (C=O) groups excluding carboxylic acids is 1. The quantitative estimate of drug-likeness (QED) is 0.691. The van der Waals surface area contributed by atoms with Crippen LogP contribution in [0.1, 0.15) is 45.2 Å². The minimum absolute atomic E-state index is 0.0513. The zero-order chi connectivity index (χ0) is 14.9. The maximum absolute atomic E-state index is 12.3. The molecule has 110 valence electrons. The highest BCUT2D eigenvalue weighted by atomic mass is 79.9. The van der Waals surface area contributed by atoms with Crippen molar-refractivity contribution < 1.29 is 9.53 Å². The molecule has 1 aromatic carbocycles. The maximum Gasteiger partial charge on any atom is 0.410 e. The van der Waals surface area contributed by atoms with Crippen molar-refractivity contribution in [1.29, 1.82) is 0 Å². The van der Waals surface area contributed by atoms with Crippen molar-refractivity contribution in [2.45, 2.75) is 45.3 Å². The lowest BCUT2D eigenvalue weighted by atomic mass is 10.1. The SMILES string of the molecule is CC(C)(C)OC(=O)N1CCCC1c1ccc(Br)c(Cl)c1. The van der Waals surface area contributed by atoms with Gasteiger partial charge >= 0.3 is 6.09 Å². The summed E-state index contributed by atoms with van der Waals surface area (Å²) in [5.41, 5.74) is 0.586. The average molecular weight is 361 g/mol. The molecule has 0 saturated carbocycles. The molecule has 1 atom stereocenters. The average Bonchev–Trinajstić information content (AvgIpc) is 2.79. The molecule has 1 heterocycles. The second kappa shape index (κ2) is 5.94. The lowest BCUT2D eigenvalue weighted by Gasteiger charge is -2.29. The highest BCUT2D eigenvalue weighted by Crippen LogP contribution is 2.35. The first-order chi connectivity index (χ1) is 9.28. The fourth-order valence-corrected chi connectivity index (χ4v) is 2.81. The second-order valence-corrected chi connectivity index (χ2v) is 7.27. The largest absolute Gasteiger partial charge is 0.444 e. The Bertz CT molecular complexity index is 513. The fourth-order valence-electron chi connectivity index (χ4n) is 2.37. The summed E-state index contributed by atoms with van der Waals surface area (Å²) in [6, 6.07) is 5.89. The van der Waals surface area contributed by atoms with Gasteiger partial charge in [-0.05, 0) is 67.2 Å². The van der Waals surface area contributed by atoms with Gasteiger partial charge < -0.3 is 9.64 Å². The van der Waals surface area contributed by atoms with E-state index >= 15 is 0 Å². The van der Waals surface area contributed by atoms with E-state index in [0.717, 1.165) is 29.4 Å². The van der Waals surface area contributed by atoms with E-state index < -0.39 is 5.60 Å². The third-order valence-corrected chi connectivity index (χ3v) is 4.44. The third-order valence-electron chi connectivity index (χ3n) is 3.21. The second-order valence-electron chi connectivity index (χ2n) is 6.01. The molecule has 20 heavy (non-hydrogen) atoms. The Morgan fingerprint density at radius 3 is 2.75 bits per heavy atom. The standard InChI is InChI=1S/C15H19BrClNO2/c1-15(2,3)20-14(19)18-8-4-5-13(18)10-6-7-11(16)12(17)9-10/h6-7,9,13H,4-5,8H2,1-3H3. The van der Waals surface area contributed by atoms with Crippen molar-refractivity contribution in [3.63, 3.8) is 0 Å². The molecule has 0 N–H and O–H groups in total. The number of hydrogen-bond donors (Lipinski definition) is 0. The molecule has 5 heteroatoms. The summed E-state index contributed by atoms with van der Waals surface area (Å²) in [5, 5.41) is 0.665. The first kappa shape index (κ1) is 15.6. The molecule has 1 saturated heterocycles. The van der Waals surface area contributed by atoms with Gasteiger partial charge in [0, 0.05) is 11.0 Å². The predicted octanol–water partition coefficient (Wildman–Crippen LogP) is 5.17. The fraction of sp³-hybridized carbons (Fsp3) is 0.533. The first-order valence-electron chi connectivity index (χ1n) is 6.72. The van der Waals surface area contributed by atoms with Gasteiger partial charge in [0.25, 0.3) is 0 Å². The van der Waals surface area contributed by atoms with Crippen molar-refractivity contribution >= 4 is 33.6 Å². The summed E-state index contributed by atoms with van der Waals surface area (Å²) < 4.78 is 6.34. The maximum atomic E-state index is 12.3. The molecule has 1 aliphatic heterocycles. The normalized spacial score (nSPS) is 19.2. The van der Waals surface area contributed by atoms with Gasteiger partial charge in [-0.25, -0.2) is 4.79 Å². The number of hydrogen-bond acceptors (Lipinski definition) is 2. The molecule has 0 bridgehead atoms. The summed E-state index contributed by atoms with van der Waals surface area (Å²) in [6.07, 6.45) is 1.67. The van der Waals surface area contributed by atoms with Crippen molar-refractivity contribution in [2.75, 3.05) is 6.54 Å². The summed E-state index contributed by atoms with van der Waals surface area (Å²) in [4.78, 5) is 14.1. The van der Waals surface area contributed by atoms with E-state index in [0.29, 0.717) is 5.02 Å². The van der Waals surface area contributed by atoms with Crippen LogP contribution < -0.4 is 0 Å². The van der Waals surface area contributed by atoms with Gasteiger partial charge in [-0.3, -0.25) is 0 Å². The van der Waals surface area contributed by atoms with Crippen LogP contribution in [-0.4, -0.2) is 23.1 Å². The Balaban J connectivity index is 2.18. The Morgan fingerprint density at radius 2 is 2.15 bits per heavy atom. The van der Waals surface area contributed by atoms with Crippen molar-refractivity contribution in [3.05, 3.63) is 33.3 Å². The first-order valence-corrected chi connectivity index (χ1v) is 7.89. The van der Waals surface area contributed by atoms with Gasteiger partial charge in [0.1, 0.15) is 5.60 Å². The number of likely N-dealkylation sites (tertiary alicyclic amines) is 1. The van der Waals surface area contributed by atoms with Crippen LogP contribution in [0.3, 0.4) is 0 Å². The van der Waals surface area contributed by atoms with E-state index in [9.17, 15) is 4.79 Å². The van der Waals surface area contributed by atoms with Crippen LogP contribution >= 0.6 is 27.5 Å². The molecule has 0 aromatic heterocycles. The highest BCUT2D eigenvalue weighted by molar-refractivity contribution is 9.10. The van der Waals surface area contributed by atoms with E-state index in [2.05, 4.69) is 15.9 Å². The Labute approximate surface area is 133 Å². The molecule has 0 spiro atoms. The molecular formula is C15H19BrClNO2. The van der Waals surface area contributed by atoms with Gasteiger partial charge in [0.2, 0.25) is 0 Å². The van der Waals surface area contributed by atoms with E-state index in [1.54, 1.807) is 4.90 Å². The summed E-state index contributed by atoms with van der Waals surface area (Å²) >= 11 is 9.53. The van der Waals surface area contributed by atoms with Gasteiger partial charge in [-0.1, -0.05) is 17.7 Å². The molecule has 3 nitrogen and oxygen atoms in total. The number of benzene rings is 1. The van der Waals surface area contributed by atoms with Crippen molar-refractivity contribution in [1.82, 2.24) is 4.90 Å². The number of amides is 1. The molecule has 0 radical (unpaired) electrons. The molecule has 0 aliphatic carbocycles. The van der Waals surface area contributed by atoms with E-state index in [4.69, 9.17) is 16.3 Å². The van der Waals surface area contributed by atoms with Crippen LogP contribution in [0, 0.1) is 0 Å². The number of nitrogens with zero attached hydrogens (tertiary/aromatic N) is 1. The summed E-state index contributed by atoms with van der Waals surface area (Å²) in [6.45, 7) is 6.37. The number of carbonyl (C=O) groups is 1. The Hall–Kier alpha value is -0.740. The topological polar surface area (TPSA) is 29.5 Å². The lowest BCUT2D eigenvalue weighted by molar-refractivity contribution is 0.0224. The van der Waals surface area contributed by atoms with Crippen LogP contribution in [-0.2, 0) is 4.74 Å². The van der Waals surface area contributed by atoms with Gasteiger partial charge in [0.05, 0.1) is 11.1 Å². The minimum Gasteiger partial charge on any atom is -0.444 e. The highest BCUT2D eigenvalue weighted by Gasteiger charge is 2.33. The smallest absolute Gasteiger partial charge is 0.410 e. The van der Waals surface area contributed by atoms with Gasteiger partial charge in [0.15, 0.2) is 0 Å². The molecule has 2 rings (SSSR count). The monoisotopic (exact) mass is 359 g/mol.